The minimum atomic E-state index is -0.377. The first-order valence-electron chi connectivity index (χ1n) is 4.92. The maximum absolute atomic E-state index is 9.03. The van der Waals surface area contributed by atoms with Gasteiger partial charge in [-0.25, -0.2) is 0 Å². The second-order valence-electron chi connectivity index (χ2n) is 4.29. The lowest BCUT2D eigenvalue weighted by molar-refractivity contribution is 0.686. The average molecular weight is 186 g/mol. The van der Waals surface area contributed by atoms with Crippen molar-refractivity contribution in [3.8, 4) is 6.07 Å². The van der Waals surface area contributed by atoms with E-state index >= 15 is 0 Å². The number of hydrogen-bond donors (Lipinski definition) is 1. The Bertz CT molecular complexity index is 399. The van der Waals surface area contributed by atoms with Crippen LogP contribution < -0.4 is 5.32 Å². The second-order valence-corrected chi connectivity index (χ2v) is 4.29. The fourth-order valence-corrected chi connectivity index (χ4v) is 1.76. The van der Waals surface area contributed by atoms with Crippen LogP contribution in [0.1, 0.15) is 25.0 Å². The van der Waals surface area contributed by atoms with Crippen LogP contribution in [0.25, 0.3) is 0 Å². The molecular formula is C12H14N2. The van der Waals surface area contributed by atoms with Crippen LogP contribution in [-0.2, 0) is 11.8 Å². The summed E-state index contributed by atoms with van der Waals surface area (Å²) in [5.74, 6) is 0. The molecule has 1 aliphatic heterocycles. The van der Waals surface area contributed by atoms with Crippen molar-refractivity contribution in [3.05, 3.63) is 29.3 Å². The van der Waals surface area contributed by atoms with Crippen LogP contribution in [0.15, 0.2) is 18.2 Å². The zero-order chi connectivity index (χ0) is 10.2. The molecule has 2 heteroatoms. The standard InChI is InChI=1S/C12H14N2/c1-12(2,8-13)10-3-4-11-9(7-10)5-6-14-11/h3-4,7,14H,5-6H2,1-2H3. The van der Waals surface area contributed by atoms with Gasteiger partial charge in [-0.2, -0.15) is 5.26 Å². The Kier molecular flexibility index (Phi) is 1.96. The molecular weight excluding hydrogens is 172 g/mol. The number of benzene rings is 1. The molecule has 0 unspecified atom stereocenters. The third-order valence-corrected chi connectivity index (χ3v) is 2.82. The minimum absolute atomic E-state index is 0.377. The highest BCUT2D eigenvalue weighted by molar-refractivity contribution is 5.57. The van der Waals surface area contributed by atoms with Gasteiger partial charge in [-0.15, -0.1) is 0 Å². The molecule has 1 aromatic rings. The summed E-state index contributed by atoms with van der Waals surface area (Å²) in [5, 5.41) is 12.3. The Morgan fingerprint density at radius 1 is 1.43 bits per heavy atom. The number of nitrogens with zero attached hydrogens (tertiary/aromatic N) is 1. The van der Waals surface area contributed by atoms with Gasteiger partial charge in [0.15, 0.2) is 0 Å². The van der Waals surface area contributed by atoms with E-state index in [0.717, 1.165) is 18.5 Å². The van der Waals surface area contributed by atoms with Gasteiger partial charge in [0.2, 0.25) is 0 Å². The summed E-state index contributed by atoms with van der Waals surface area (Å²) in [6.45, 7) is 4.93. The molecule has 0 radical (unpaired) electrons. The van der Waals surface area contributed by atoms with E-state index < -0.39 is 0 Å². The van der Waals surface area contributed by atoms with E-state index in [1.165, 1.54) is 11.3 Å². The van der Waals surface area contributed by atoms with E-state index in [4.69, 9.17) is 5.26 Å². The van der Waals surface area contributed by atoms with E-state index in [1.54, 1.807) is 0 Å². The lowest BCUT2D eigenvalue weighted by atomic mass is 9.85. The molecule has 1 aromatic carbocycles. The van der Waals surface area contributed by atoms with Gasteiger partial charge >= 0.3 is 0 Å². The Morgan fingerprint density at radius 2 is 2.21 bits per heavy atom. The van der Waals surface area contributed by atoms with Gasteiger partial charge in [0.1, 0.15) is 0 Å². The predicted octanol–water partition coefficient (Wildman–Crippen LogP) is 2.46. The van der Waals surface area contributed by atoms with Crippen molar-refractivity contribution in [3.63, 3.8) is 0 Å². The van der Waals surface area contributed by atoms with Gasteiger partial charge in [0, 0.05) is 12.2 Å². The molecule has 0 spiro atoms. The monoisotopic (exact) mass is 186 g/mol. The molecule has 0 aromatic heterocycles. The normalized spacial score (nSPS) is 14.4. The fraction of sp³-hybridized carbons (Fsp3) is 0.417. The number of nitriles is 1. The summed E-state index contributed by atoms with van der Waals surface area (Å²) in [4.78, 5) is 0. The number of anilines is 1. The summed E-state index contributed by atoms with van der Waals surface area (Å²) in [6.07, 6.45) is 1.07. The molecule has 0 aliphatic carbocycles. The maximum atomic E-state index is 9.03. The topological polar surface area (TPSA) is 35.8 Å². The number of hydrogen-bond acceptors (Lipinski definition) is 2. The SMILES string of the molecule is CC(C)(C#N)c1ccc2c(c1)CCN2. The Balaban J connectivity index is 2.44. The summed E-state index contributed by atoms with van der Waals surface area (Å²) in [5.41, 5.74) is 3.30. The molecule has 72 valence electrons. The van der Waals surface area contributed by atoms with Crippen molar-refractivity contribution in [2.24, 2.45) is 0 Å². The van der Waals surface area contributed by atoms with Crippen LogP contribution in [-0.4, -0.2) is 6.54 Å². The van der Waals surface area contributed by atoms with E-state index in [-0.39, 0.29) is 5.41 Å². The molecule has 1 N–H and O–H groups in total. The maximum Gasteiger partial charge on any atom is 0.0766 e. The van der Waals surface area contributed by atoms with Crippen molar-refractivity contribution in [1.82, 2.24) is 0 Å². The van der Waals surface area contributed by atoms with Crippen molar-refractivity contribution >= 4 is 5.69 Å². The van der Waals surface area contributed by atoms with Crippen molar-refractivity contribution in [2.45, 2.75) is 25.7 Å². The van der Waals surface area contributed by atoms with Crippen LogP contribution in [0.3, 0.4) is 0 Å². The predicted molar refractivity (Wildman–Crippen MR) is 57.3 cm³/mol. The Hall–Kier alpha value is -1.49. The van der Waals surface area contributed by atoms with E-state index in [9.17, 15) is 0 Å². The zero-order valence-electron chi connectivity index (χ0n) is 8.59. The highest BCUT2D eigenvalue weighted by atomic mass is 14.9. The quantitative estimate of drug-likeness (QED) is 0.731. The molecule has 0 atom stereocenters. The molecule has 0 bridgehead atoms. The van der Waals surface area contributed by atoms with Gasteiger partial charge in [-0.05, 0) is 37.5 Å². The Morgan fingerprint density at radius 3 is 2.93 bits per heavy atom. The average Bonchev–Trinajstić information content (AvgIpc) is 2.64. The van der Waals surface area contributed by atoms with Crippen LogP contribution in [0.5, 0.6) is 0 Å². The summed E-state index contributed by atoms with van der Waals surface area (Å²) in [7, 11) is 0. The molecule has 2 nitrogen and oxygen atoms in total. The smallest absolute Gasteiger partial charge is 0.0766 e. The minimum Gasteiger partial charge on any atom is -0.384 e. The molecule has 0 fully saturated rings. The van der Waals surface area contributed by atoms with Crippen LogP contribution in [0.4, 0.5) is 5.69 Å². The summed E-state index contributed by atoms with van der Waals surface area (Å²) < 4.78 is 0. The molecule has 14 heavy (non-hydrogen) atoms. The van der Waals surface area contributed by atoms with Crippen molar-refractivity contribution < 1.29 is 0 Å². The van der Waals surface area contributed by atoms with E-state index in [2.05, 4.69) is 23.5 Å². The first-order valence-corrected chi connectivity index (χ1v) is 4.92. The zero-order valence-corrected chi connectivity index (χ0v) is 8.59. The number of rotatable bonds is 1. The highest BCUT2D eigenvalue weighted by Crippen LogP contribution is 2.29. The van der Waals surface area contributed by atoms with Crippen LogP contribution in [0, 0.1) is 11.3 Å². The molecule has 0 amide bonds. The number of nitrogens with one attached hydrogen (secondary N) is 1. The van der Waals surface area contributed by atoms with Crippen molar-refractivity contribution in [1.29, 1.82) is 5.26 Å². The van der Waals surface area contributed by atoms with Crippen LogP contribution in [0.2, 0.25) is 0 Å². The second kappa shape index (κ2) is 3.02. The van der Waals surface area contributed by atoms with Gasteiger partial charge < -0.3 is 5.32 Å². The number of fused-ring (bicyclic) bond motifs is 1. The van der Waals surface area contributed by atoms with Crippen LogP contribution >= 0.6 is 0 Å². The van der Waals surface area contributed by atoms with Gasteiger partial charge in [0.25, 0.3) is 0 Å². The molecule has 1 aliphatic rings. The van der Waals surface area contributed by atoms with Gasteiger partial charge in [0.05, 0.1) is 11.5 Å². The summed E-state index contributed by atoms with van der Waals surface area (Å²) in [6, 6.07) is 8.60. The lowest BCUT2D eigenvalue weighted by Gasteiger charge is -2.16. The highest BCUT2D eigenvalue weighted by Gasteiger charge is 2.21. The largest absolute Gasteiger partial charge is 0.384 e. The van der Waals surface area contributed by atoms with Gasteiger partial charge in [-0.3, -0.25) is 0 Å². The lowest BCUT2D eigenvalue weighted by Crippen LogP contribution is -2.13. The third-order valence-electron chi connectivity index (χ3n) is 2.82. The first-order chi connectivity index (χ1) is 6.63. The molecule has 0 saturated carbocycles. The van der Waals surface area contributed by atoms with Crippen molar-refractivity contribution in [2.75, 3.05) is 11.9 Å². The van der Waals surface area contributed by atoms with E-state index in [1.807, 2.05) is 19.9 Å². The first kappa shape index (κ1) is 9.08. The van der Waals surface area contributed by atoms with Gasteiger partial charge in [-0.1, -0.05) is 12.1 Å². The third kappa shape index (κ3) is 1.35. The molecule has 0 saturated heterocycles. The van der Waals surface area contributed by atoms with E-state index in [0.29, 0.717) is 0 Å². The molecule has 2 rings (SSSR count). The Labute approximate surface area is 84.6 Å². The fourth-order valence-electron chi connectivity index (χ4n) is 1.76. The molecule has 1 heterocycles. The summed E-state index contributed by atoms with van der Waals surface area (Å²) >= 11 is 0.